The van der Waals surface area contributed by atoms with E-state index in [2.05, 4.69) is 10.1 Å². The first kappa shape index (κ1) is 10.5. The molecule has 3 aromatic rings. The molecule has 4 nitrogen and oxygen atoms in total. The number of rotatable bonds is 2. The van der Waals surface area contributed by atoms with E-state index in [1.165, 1.54) is 6.21 Å². The van der Waals surface area contributed by atoms with Crippen LogP contribution in [-0.4, -0.2) is 20.8 Å². The van der Waals surface area contributed by atoms with Crippen LogP contribution >= 0.6 is 0 Å². The molecule has 0 saturated carbocycles. The summed E-state index contributed by atoms with van der Waals surface area (Å²) in [4.78, 5) is 4.54. The van der Waals surface area contributed by atoms with E-state index < -0.39 is 0 Å². The van der Waals surface area contributed by atoms with Gasteiger partial charge in [0.15, 0.2) is 0 Å². The Morgan fingerprint density at radius 1 is 1.11 bits per heavy atom. The number of oxime groups is 1. The van der Waals surface area contributed by atoms with Crippen LogP contribution in [0.25, 0.3) is 16.9 Å². The molecule has 2 heterocycles. The molecule has 1 aromatic carbocycles. The number of nitrogens with zero attached hydrogens (tertiary/aromatic N) is 3. The SMILES string of the molecule is O/N=C\c1ccc(-c2cn3ccccc3n2)cc1. The Morgan fingerprint density at radius 3 is 2.67 bits per heavy atom. The molecule has 0 radical (unpaired) electrons. The molecule has 3 rings (SSSR count). The third-order valence-corrected chi connectivity index (χ3v) is 2.78. The van der Waals surface area contributed by atoms with Gasteiger partial charge < -0.3 is 9.61 Å². The average molecular weight is 237 g/mol. The van der Waals surface area contributed by atoms with Crippen molar-refractivity contribution >= 4 is 11.9 Å². The van der Waals surface area contributed by atoms with Crippen molar-refractivity contribution in [2.24, 2.45) is 5.16 Å². The highest BCUT2D eigenvalue weighted by molar-refractivity contribution is 5.80. The summed E-state index contributed by atoms with van der Waals surface area (Å²) in [5, 5.41) is 11.5. The van der Waals surface area contributed by atoms with Gasteiger partial charge in [-0.1, -0.05) is 35.5 Å². The average Bonchev–Trinajstić information content (AvgIpc) is 2.84. The lowest BCUT2D eigenvalue weighted by Gasteiger charge is -1.96. The summed E-state index contributed by atoms with van der Waals surface area (Å²) < 4.78 is 1.98. The summed E-state index contributed by atoms with van der Waals surface area (Å²) >= 11 is 0. The molecule has 0 amide bonds. The number of aromatic nitrogens is 2. The Hall–Kier alpha value is -2.62. The predicted octanol–water partition coefficient (Wildman–Crippen LogP) is 2.81. The van der Waals surface area contributed by atoms with E-state index in [1.807, 2.05) is 59.3 Å². The fraction of sp³-hybridized carbons (Fsp3) is 0. The van der Waals surface area contributed by atoms with Crippen molar-refractivity contribution in [3.05, 3.63) is 60.4 Å². The summed E-state index contributed by atoms with van der Waals surface area (Å²) in [6.45, 7) is 0. The Bertz CT molecular complexity index is 665. The van der Waals surface area contributed by atoms with E-state index in [-0.39, 0.29) is 0 Å². The summed E-state index contributed by atoms with van der Waals surface area (Å²) in [7, 11) is 0. The van der Waals surface area contributed by atoms with Gasteiger partial charge in [0, 0.05) is 18.0 Å². The maximum absolute atomic E-state index is 8.46. The van der Waals surface area contributed by atoms with Crippen molar-refractivity contribution in [2.45, 2.75) is 0 Å². The molecule has 18 heavy (non-hydrogen) atoms. The molecule has 0 aliphatic heterocycles. The van der Waals surface area contributed by atoms with E-state index in [9.17, 15) is 0 Å². The zero-order chi connectivity index (χ0) is 12.4. The van der Waals surface area contributed by atoms with E-state index in [0.29, 0.717) is 0 Å². The molecule has 2 aromatic heterocycles. The first-order valence-corrected chi connectivity index (χ1v) is 5.58. The summed E-state index contributed by atoms with van der Waals surface area (Å²) in [6.07, 6.45) is 5.36. The Kier molecular flexibility index (Phi) is 2.53. The highest BCUT2D eigenvalue weighted by atomic mass is 16.4. The molecule has 0 atom stereocenters. The maximum Gasteiger partial charge on any atom is 0.137 e. The standard InChI is InChI=1S/C14H11N3O/c18-15-9-11-4-6-12(7-5-11)13-10-17-8-2-1-3-14(17)16-13/h1-10,18H/b15-9-. The lowest BCUT2D eigenvalue weighted by atomic mass is 10.1. The van der Waals surface area contributed by atoms with Crippen LogP contribution in [0.5, 0.6) is 0 Å². The molecule has 0 aliphatic rings. The largest absolute Gasteiger partial charge is 0.411 e. The van der Waals surface area contributed by atoms with Crippen molar-refractivity contribution in [3.8, 4) is 11.3 Å². The van der Waals surface area contributed by atoms with Gasteiger partial charge in [0.1, 0.15) is 5.65 Å². The molecule has 0 unspecified atom stereocenters. The third-order valence-electron chi connectivity index (χ3n) is 2.78. The van der Waals surface area contributed by atoms with Crippen LogP contribution in [0.15, 0.2) is 60.0 Å². The van der Waals surface area contributed by atoms with Gasteiger partial charge in [0.05, 0.1) is 11.9 Å². The second-order valence-electron chi connectivity index (χ2n) is 3.96. The molecule has 4 heteroatoms. The minimum atomic E-state index is 0.852. The first-order chi connectivity index (χ1) is 8.86. The molecule has 88 valence electrons. The van der Waals surface area contributed by atoms with Crippen LogP contribution in [0, 0.1) is 0 Å². The fourth-order valence-electron chi connectivity index (χ4n) is 1.88. The lowest BCUT2D eigenvalue weighted by molar-refractivity contribution is 0.322. The van der Waals surface area contributed by atoms with Crippen molar-refractivity contribution in [1.82, 2.24) is 9.38 Å². The van der Waals surface area contributed by atoms with Crippen LogP contribution in [-0.2, 0) is 0 Å². The topological polar surface area (TPSA) is 49.9 Å². The highest BCUT2D eigenvalue weighted by Crippen LogP contribution is 2.19. The van der Waals surface area contributed by atoms with E-state index in [0.717, 1.165) is 22.5 Å². The normalized spacial score (nSPS) is 11.3. The molecule has 0 spiro atoms. The van der Waals surface area contributed by atoms with E-state index in [4.69, 9.17) is 5.21 Å². The highest BCUT2D eigenvalue weighted by Gasteiger charge is 2.03. The van der Waals surface area contributed by atoms with Crippen molar-refractivity contribution in [2.75, 3.05) is 0 Å². The van der Waals surface area contributed by atoms with E-state index in [1.54, 1.807) is 0 Å². The van der Waals surface area contributed by atoms with Gasteiger partial charge in [-0.05, 0) is 17.7 Å². The molecule has 0 bridgehead atoms. The number of hydrogen-bond donors (Lipinski definition) is 1. The van der Waals surface area contributed by atoms with Crippen LogP contribution in [0.4, 0.5) is 0 Å². The van der Waals surface area contributed by atoms with Gasteiger partial charge in [-0.3, -0.25) is 0 Å². The lowest BCUT2D eigenvalue weighted by Crippen LogP contribution is -1.82. The molecule has 0 aliphatic carbocycles. The Labute approximate surface area is 104 Å². The van der Waals surface area contributed by atoms with Gasteiger partial charge in [-0.25, -0.2) is 4.98 Å². The monoisotopic (exact) mass is 237 g/mol. The van der Waals surface area contributed by atoms with Gasteiger partial charge in [0.25, 0.3) is 0 Å². The Balaban J connectivity index is 2.03. The third kappa shape index (κ3) is 1.84. The number of imidazole rings is 1. The molecule has 1 N–H and O–H groups in total. The predicted molar refractivity (Wildman–Crippen MR) is 70.0 cm³/mol. The molecule has 0 fully saturated rings. The van der Waals surface area contributed by atoms with Crippen LogP contribution in [0.3, 0.4) is 0 Å². The fourth-order valence-corrected chi connectivity index (χ4v) is 1.88. The number of pyridine rings is 1. The summed E-state index contributed by atoms with van der Waals surface area (Å²) in [5.41, 5.74) is 3.74. The zero-order valence-electron chi connectivity index (χ0n) is 9.56. The summed E-state index contributed by atoms with van der Waals surface area (Å²) in [6, 6.07) is 13.6. The number of fused-ring (bicyclic) bond motifs is 1. The minimum absolute atomic E-state index is 0.852. The first-order valence-electron chi connectivity index (χ1n) is 5.58. The Morgan fingerprint density at radius 2 is 1.94 bits per heavy atom. The van der Waals surface area contributed by atoms with Crippen molar-refractivity contribution in [3.63, 3.8) is 0 Å². The van der Waals surface area contributed by atoms with Gasteiger partial charge in [0.2, 0.25) is 0 Å². The van der Waals surface area contributed by atoms with Crippen molar-refractivity contribution in [1.29, 1.82) is 0 Å². The number of hydrogen-bond acceptors (Lipinski definition) is 3. The zero-order valence-corrected chi connectivity index (χ0v) is 9.56. The van der Waals surface area contributed by atoms with Gasteiger partial charge in [-0.2, -0.15) is 0 Å². The molecule has 0 saturated heterocycles. The van der Waals surface area contributed by atoms with Gasteiger partial charge >= 0.3 is 0 Å². The smallest absolute Gasteiger partial charge is 0.137 e. The molecular formula is C14H11N3O. The van der Waals surface area contributed by atoms with Crippen LogP contribution in [0.1, 0.15) is 5.56 Å². The van der Waals surface area contributed by atoms with Gasteiger partial charge in [-0.15, -0.1) is 0 Å². The second kappa shape index (κ2) is 4.33. The number of benzene rings is 1. The van der Waals surface area contributed by atoms with Crippen LogP contribution in [0.2, 0.25) is 0 Å². The van der Waals surface area contributed by atoms with Crippen molar-refractivity contribution < 1.29 is 5.21 Å². The van der Waals surface area contributed by atoms with Crippen LogP contribution < -0.4 is 0 Å². The second-order valence-corrected chi connectivity index (χ2v) is 3.96. The quantitative estimate of drug-likeness (QED) is 0.423. The molecular weight excluding hydrogens is 226 g/mol. The van der Waals surface area contributed by atoms with E-state index >= 15 is 0 Å². The maximum atomic E-state index is 8.46. The summed E-state index contributed by atoms with van der Waals surface area (Å²) in [5.74, 6) is 0. The minimum Gasteiger partial charge on any atom is -0.411 e.